The minimum absolute atomic E-state index is 0.161. The Morgan fingerprint density at radius 2 is 1.83 bits per heavy atom. The summed E-state index contributed by atoms with van der Waals surface area (Å²) in [5.74, 6) is -0.777. The van der Waals surface area contributed by atoms with Crippen molar-refractivity contribution in [3.63, 3.8) is 0 Å². The fourth-order valence-corrected chi connectivity index (χ4v) is 2.62. The summed E-state index contributed by atoms with van der Waals surface area (Å²) in [6.07, 6.45) is -4.22. The first-order chi connectivity index (χ1) is 13.8. The van der Waals surface area contributed by atoms with Gasteiger partial charge in [0.05, 0.1) is 12.7 Å². The second-order valence-corrected chi connectivity index (χ2v) is 5.67. The maximum absolute atomic E-state index is 13.2. The summed E-state index contributed by atoms with van der Waals surface area (Å²) >= 11 is 0. The average molecular weight is 408 g/mol. The summed E-state index contributed by atoms with van der Waals surface area (Å²) in [4.78, 5) is 22.4. The number of carbonyl (C=O) groups is 1. The normalized spacial score (nSPS) is 13.2. The van der Waals surface area contributed by atoms with Gasteiger partial charge in [-0.2, -0.15) is 13.2 Å². The molecule has 0 saturated heterocycles. The topological polar surface area (TPSA) is 69.5 Å². The van der Waals surface area contributed by atoms with Crippen LogP contribution in [-0.4, -0.2) is 32.1 Å². The Hall–Kier alpha value is -3.36. The van der Waals surface area contributed by atoms with Crippen molar-refractivity contribution in [1.29, 1.82) is 0 Å². The summed E-state index contributed by atoms with van der Waals surface area (Å²) in [6, 6.07) is 11.1. The van der Waals surface area contributed by atoms with Crippen LogP contribution in [0.5, 0.6) is 0 Å². The number of benzene rings is 2. The van der Waals surface area contributed by atoms with E-state index in [1.807, 2.05) is 0 Å². The zero-order valence-electron chi connectivity index (χ0n) is 15.9. The van der Waals surface area contributed by atoms with Gasteiger partial charge < -0.3 is 14.4 Å². The third kappa shape index (κ3) is 5.34. The van der Waals surface area contributed by atoms with Crippen molar-refractivity contribution in [3.05, 3.63) is 70.8 Å². The fraction of sp³-hybridized carbons (Fsp3) is 0.250. The molecule has 154 valence electrons. The highest BCUT2D eigenvalue weighted by Gasteiger charge is 2.32. The van der Waals surface area contributed by atoms with Crippen LogP contribution in [0.4, 0.5) is 13.2 Å². The molecule has 1 unspecified atom stereocenters. The molecule has 0 fully saturated rings. The Morgan fingerprint density at radius 1 is 1.10 bits per heavy atom. The number of carbonyl (C=O) groups excluding carboxylic acids is 1. The van der Waals surface area contributed by atoms with Gasteiger partial charge in [0.1, 0.15) is 7.11 Å². The van der Waals surface area contributed by atoms with Crippen LogP contribution in [0.1, 0.15) is 35.3 Å². The van der Waals surface area contributed by atoms with Crippen LogP contribution in [-0.2, 0) is 25.4 Å². The molecule has 0 heterocycles. The highest BCUT2D eigenvalue weighted by atomic mass is 19.4. The monoisotopic (exact) mass is 408 g/mol. The minimum Gasteiger partial charge on any atom is -0.464 e. The predicted molar refractivity (Wildman–Crippen MR) is 101 cm³/mol. The number of oxime groups is 2. The molecule has 29 heavy (non-hydrogen) atoms. The summed E-state index contributed by atoms with van der Waals surface area (Å²) < 4.78 is 44.3. The lowest BCUT2D eigenvalue weighted by atomic mass is 9.93. The molecule has 0 spiro atoms. The largest absolute Gasteiger partial charge is 0.464 e. The van der Waals surface area contributed by atoms with Gasteiger partial charge in [0.2, 0.25) is 0 Å². The van der Waals surface area contributed by atoms with Crippen molar-refractivity contribution in [3.8, 4) is 0 Å². The van der Waals surface area contributed by atoms with E-state index >= 15 is 0 Å². The van der Waals surface area contributed by atoms with Crippen molar-refractivity contribution < 1.29 is 32.4 Å². The lowest BCUT2D eigenvalue weighted by molar-refractivity contribution is -0.137. The summed E-state index contributed by atoms with van der Waals surface area (Å²) in [6.45, 7) is 1.60. The van der Waals surface area contributed by atoms with Gasteiger partial charge in [-0.25, -0.2) is 4.79 Å². The molecular formula is C20H19F3N2O4. The standard InChI is InChI=1S/C20H19F3N2O4/c1-4-24-29-18(13-8-7-9-14(12-13)20(21,22)23)16-11-6-5-10-15(16)17(25-28-3)19(26)27-2/h4-12,18H,1-3H3. The van der Waals surface area contributed by atoms with Gasteiger partial charge in [0, 0.05) is 22.9 Å². The van der Waals surface area contributed by atoms with E-state index in [9.17, 15) is 18.0 Å². The predicted octanol–water partition coefficient (Wildman–Crippen LogP) is 4.34. The van der Waals surface area contributed by atoms with Crippen LogP contribution in [0.25, 0.3) is 0 Å². The van der Waals surface area contributed by atoms with E-state index in [0.717, 1.165) is 12.1 Å². The SMILES string of the molecule is CC=NOC(c1cccc(C(F)(F)F)c1)c1ccccc1C(=NOC)C(=O)OC. The summed E-state index contributed by atoms with van der Waals surface area (Å²) in [5, 5.41) is 7.44. The lowest BCUT2D eigenvalue weighted by Gasteiger charge is -2.20. The van der Waals surface area contributed by atoms with Crippen molar-refractivity contribution in [2.24, 2.45) is 10.3 Å². The maximum atomic E-state index is 13.2. The molecule has 0 radical (unpaired) electrons. The Kier molecular flexibility index (Phi) is 7.35. The average Bonchev–Trinajstić information content (AvgIpc) is 2.72. The molecule has 0 aromatic heterocycles. The Labute approximate surface area is 165 Å². The summed E-state index contributed by atoms with van der Waals surface area (Å²) in [5.41, 5.74) is -0.167. The van der Waals surface area contributed by atoms with Gasteiger partial charge >= 0.3 is 12.1 Å². The molecule has 2 rings (SSSR count). The second kappa shape index (κ2) is 9.72. The Morgan fingerprint density at radius 3 is 2.45 bits per heavy atom. The molecule has 6 nitrogen and oxygen atoms in total. The smallest absolute Gasteiger partial charge is 0.416 e. The first kappa shape index (κ1) is 21.9. The number of rotatable bonds is 7. The van der Waals surface area contributed by atoms with E-state index in [1.54, 1.807) is 31.2 Å². The van der Waals surface area contributed by atoms with E-state index in [-0.39, 0.29) is 16.8 Å². The molecule has 2 aromatic carbocycles. The van der Waals surface area contributed by atoms with Gasteiger partial charge in [-0.15, -0.1) is 0 Å². The number of esters is 1. The van der Waals surface area contributed by atoms with Gasteiger partial charge in [-0.05, 0) is 19.1 Å². The van der Waals surface area contributed by atoms with E-state index in [0.29, 0.717) is 5.56 Å². The highest BCUT2D eigenvalue weighted by molar-refractivity contribution is 6.43. The number of nitrogens with zero attached hydrogens (tertiary/aromatic N) is 2. The number of hydrogen-bond donors (Lipinski definition) is 0. The molecule has 1 atom stereocenters. The van der Waals surface area contributed by atoms with Crippen molar-refractivity contribution in [1.82, 2.24) is 0 Å². The van der Waals surface area contributed by atoms with Crippen LogP contribution in [0.3, 0.4) is 0 Å². The highest BCUT2D eigenvalue weighted by Crippen LogP contribution is 2.34. The van der Waals surface area contributed by atoms with E-state index in [2.05, 4.69) is 10.3 Å². The first-order valence-corrected chi connectivity index (χ1v) is 8.43. The molecule has 0 aliphatic heterocycles. The number of hydrogen-bond acceptors (Lipinski definition) is 6. The van der Waals surface area contributed by atoms with Crippen molar-refractivity contribution in [2.75, 3.05) is 14.2 Å². The molecule has 0 bridgehead atoms. The second-order valence-electron chi connectivity index (χ2n) is 5.67. The first-order valence-electron chi connectivity index (χ1n) is 8.43. The summed E-state index contributed by atoms with van der Waals surface area (Å²) in [7, 11) is 2.44. The number of ether oxygens (including phenoxy) is 1. The van der Waals surface area contributed by atoms with Crippen LogP contribution >= 0.6 is 0 Å². The zero-order valence-corrected chi connectivity index (χ0v) is 15.9. The third-order valence-corrected chi connectivity index (χ3v) is 3.85. The quantitative estimate of drug-likeness (QED) is 0.388. The number of alkyl halides is 3. The van der Waals surface area contributed by atoms with E-state index < -0.39 is 23.8 Å². The Bertz CT molecular complexity index is 911. The molecule has 2 aromatic rings. The van der Waals surface area contributed by atoms with Crippen LogP contribution in [0.15, 0.2) is 58.8 Å². The fourth-order valence-electron chi connectivity index (χ4n) is 2.62. The zero-order chi connectivity index (χ0) is 21.4. The molecule has 9 heteroatoms. The van der Waals surface area contributed by atoms with Gasteiger partial charge in [0.15, 0.2) is 11.8 Å². The van der Waals surface area contributed by atoms with Crippen molar-refractivity contribution >= 4 is 17.9 Å². The Balaban J connectivity index is 2.66. The number of methoxy groups -OCH3 is 1. The van der Waals surface area contributed by atoms with Gasteiger partial charge in [0.25, 0.3) is 0 Å². The van der Waals surface area contributed by atoms with Gasteiger partial charge in [-0.3, -0.25) is 0 Å². The van der Waals surface area contributed by atoms with Crippen LogP contribution in [0.2, 0.25) is 0 Å². The van der Waals surface area contributed by atoms with E-state index in [4.69, 9.17) is 14.4 Å². The van der Waals surface area contributed by atoms with Crippen molar-refractivity contribution in [2.45, 2.75) is 19.2 Å². The van der Waals surface area contributed by atoms with Crippen LogP contribution in [0, 0.1) is 0 Å². The minimum atomic E-state index is -4.53. The van der Waals surface area contributed by atoms with E-state index in [1.165, 1.54) is 32.6 Å². The maximum Gasteiger partial charge on any atom is 0.416 e. The molecule has 0 N–H and O–H groups in total. The molecule has 0 aliphatic rings. The molecule has 0 amide bonds. The van der Waals surface area contributed by atoms with Gasteiger partial charge in [-0.1, -0.05) is 46.7 Å². The lowest BCUT2D eigenvalue weighted by Crippen LogP contribution is -2.21. The number of halogens is 3. The van der Waals surface area contributed by atoms with Crippen LogP contribution < -0.4 is 0 Å². The third-order valence-electron chi connectivity index (χ3n) is 3.85. The molecular weight excluding hydrogens is 389 g/mol. The molecule has 0 saturated carbocycles. The molecule has 0 aliphatic carbocycles.